The lowest BCUT2D eigenvalue weighted by molar-refractivity contribution is 1.07. The fourth-order valence-electron chi connectivity index (χ4n) is 1.58. The molecule has 0 unspecified atom stereocenters. The Hall–Kier alpha value is -1.12. The van der Waals surface area contributed by atoms with Gasteiger partial charge in [0, 0.05) is 11.0 Å². The van der Waals surface area contributed by atoms with E-state index in [1.165, 1.54) is 11.1 Å². The van der Waals surface area contributed by atoms with Crippen LogP contribution >= 0.6 is 15.9 Å². The van der Waals surface area contributed by atoms with E-state index in [2.05, 4.69) is 28.1 Å². The highest BCUT2D eigenvalue weighted by Crippen LogP contribution is 2.30. The van der Waals surface area contributed by atoms with Gasteiger partial charge in [0.25, 0.3) is 0 Å². The van der Waals surface area contributed by atoms with Gasteiger partial charge in [-0.3, -0.25) is 0 Å². The fraction of sp³-hybridized carbons (Fsp3) is 0.0769. The van der Waals surface area contributed by atoms with E-state index >= 15 is 0 Å². The summed E-state index contributed by atoms with van der Waals surface area (Å²) in [6.07, 6.45) is 0. The number of benzene rings is 2. The van der Waals surface area contributed by atoms with Crippen LogP contribution in [0.5, 0.6) is 0 Å². The molecular weight excluding hydrogens is 250 g/mol. The third kappa shape index (κ3) is 2.11. The smallest absolute Gasteiger partial charge is 0.0253 e. The summed E-state index contributed by atoms with van der Waals surface area (Å²) in [5, 5.41) is 0. The fourth-order valence-corrected chi connectivity index (χ4v) is 2.07. The van der Waals surface area contributed by atoms with Gasteiger partial charge in [-0.1, -0.05) is 46.3 Å². The third-order valence-corrected chi connectivity index (χ3v) is 3.03. The van der Waals surface area contributed by atoms with Gasteiger partial charge in [0.2, 0.25) is 0 Å². The molecule has 0 aliphatic rings. The summed E-state index contributed by atoms with van der Waals surface area (Å²) in [6.45, 7) is 0.536. The van der Waals surface area contributed by atoms with Crippen molar-refractivity contribution in [2.24, 2.45) is 5.73 Å². The van der Waals surface area contributed by atoms with Crippen molar-refractivity contribution in [1.82, 2.24) is 0 Å². The van der Waals surface area contributed by atoms with Crippen molar-refractivity contribution in [3.63, 3.8) is 0 Å². The average Bonchev–Trinajstić information content (AvgIpc) is 2.30. The maximum atomic E-state index is 5.70. The van der Waals surface area contributed by atoms with Gasteiger partial charge in [-0.15, -0.1) is 0 Å². The van der Waals surface area contributed by atoms with Crippen LogP contribution in [0.1, 0.15) is 5.56 Å². The molecule has 1 nitrogen and oxygen atoms in total. The van der Waals surface area contributed by atoms with Crippen molar-refractivity contribution in [2.75, 3.05) is 0 Å². The molecule has 0 bridgehead atoms. The Morgan fingerprint density at radius 2 is 1.93 bits per heavy atom. The van der Waals surface area contributed by atoms with E-state index in [0.717, 1.165) is 10.0 Å². The molecule has 0 saturated carbocycles. The third-order valence-electron chi connectivity index (χ3n) is 2.33. The van der Waals surface area contributed by atoms with Gasteiger partial charge < -0.3 is 5.73 Å². The molecule has 0 aliphatic carbocycles. The van der Waals surface area contributed by atoms with Crippen molar-refractivity contribution in [2.45, 2.75) is 6.54 Å². The Morgan fingerprint density at radius 1 is 1.13 bits per heavy atom. The van der Waals surface area contributed by atoms with Gasteiger partial charge in [0.15, 0.2) is 0 Å². The molecule has 0 heterocycles. The Bertz CT molecular complexity index is 466. The number of halogens is 1. The lowest BCUT2D eigenvalue weighted by Crippen LogP contribution is -1.98. The first kappa shape index (κ1) is 10.4. The van der Waals surface area contributed by atoms with Crippen molar-refractivity contribution in [3.8, 4) is 11.1 Å². The normalized spacial score (nSPS) is 10.3. The average molecular weight is 261 g/mol. The Kier molecular flexibility index (Phi) is 3.19. The molecule has 75 valence electrons. The van der Waals surface area contributed by atoms with Crippen LogP contribution in [-0.4, -0.2) is 0 Å². The maximum Gasteiger partial charge on any atom is 0.0253 e. The number of hydrogen-bond donors (Lipinski definition) is 1. The molecule has 15 heavy (non-hydrogen) atoms. The first-order chi connectivity index (χ1) is 7.33. The zero-order valence-electron chi connectivity index (χ0n) is 8.20. The van der Waals surface area contributed by atoms with E-state index in [-0.39, 0.29) is 0 Å². The maximum absolute atomic E-state index is 5.70. The zero-order valence-corrected chi connectivity index (χ0v) is 9.79. The predicted molar refractivity (Wildman–Crippen MR) is 66.3 cm³/mol. The second-order valence-corrected chi connectivity index (χ2v) is 4.12. The van der Waals surface area contributed by atoms with Crippen molar-refractivity contribution in [1.29, 1.82) is 0 Å². The van der Waals surface area contributed by atoms with Gasteiger partial charge >= 0.3 is 0 Å². The first-order valence-electron chi connectivity index (χ1n) is 4.77. The molecule has 0 saturated heterocycles. The highest BCUT2D eigenvalue weighted by atomic mass is 79.9. The molecule has 0 atom stereocenters. The molecule has 2 aromatic rings. The van der Waals surface area contributed by atoms with Crippen LogP contribution in [0.2, 0.25) is 0 Å². The minimum atomic E-state index is 0.536. The summed E-state index contributed by atoms with van der Waals surface area (Å²) in [7, 11) is 0. The largest absolute Gasteiger partial charge is 0.326 e. The minimum Gasteiger partial charge on any atom is -0.326 e. The predicted octanol–water partition coefficient (Wildman–Crippen LogP) is 3.37. The number of hydrogen-bond acceptors (Lipinski definition) is 1. The van der Waals surface area contributed by atoms with E-state index in [4.69, 9.17) is 5.73 Å². The molecule has 0 amide bonds. The number of nitrogens with two attached hydrogens (primary N) is 1. The summed E-state index contributed by atoms with van der Waals surface area (Å²) >= 11 is 3.55. The van der Waals surface area contributed by atoms with E-state index in [9.17, 15) is 0 Å². The molecule has 1 radical (unpaired) electrons. The molecule has 2 rings (SSSR count). The van der Waals surface area contributed by atoms with Crippen LogP contribution < -0.4 is 5.73 Å². The van der Waals surface area contributed by atoms with E-state index in [1.807, 2.05) is 36.4 Å². The number of rotatable bonds is 2. The molecule has 2 heteroatoms. The van der Waals surface area contributed by atoms with Gasteiger partial charge in [0.1, 0.15) is 0 Å². The molecule has 0 aromatic heterocycles. The minimum absolute atomic E-state index is 0.536. The Labute approximate surface area is 98.1 Å². The second kappa shape index (κ2) is 4.60. The van der Waals surface area contributed by atoms with Gasteiger partial charge in [-0.25, -0.2) is 0 Å². The summed E-state index contributed by atoms with van der Waals surface area (Å²) in [5.41, 5.74) is 9.16. The van der Waals surface area contributed by atoms with Crippen molar-refractivity contribution < 1.29 is 0 Å². The Balaban J connectivity index is 2.59. The van der Waals surface area contributed by atoms with E-state index in [1.54, 1.807) is 0 Å². The molecule has 0 spiro atoms. The Morgan fingerprint density at radius 3 is 2.67 bits per heavy atom. The SMILES string of the molecule is NCc1c[c]ccc1-c1ccccc1Br. The summed E-state index contributed by atoms with van der Waals surface area (Å²) in [6, 6.07) is 17.1. The zero-order chi connectivity index (χ0) is 10.7. The highest BCUT2D eigenvalue weighted by Gasteiger charge is 2.05. The summed E-state index contributed by atoms with van der Waals surface area (Å²) in [4.78, 5) is 0. The monoisotopic (exact) mass is 260 g/mol. The van der Waals surface area contributed by atoms with Crippen LogP contribution in [0.25, 0.3) is 11.1 Å². The highest BCUT2D eigenvalue weighted by molar-refractivity contribution is 9.10. The van der Waals surface area contributed by atoms with Gasteiger partial charge in [-0.05, 0) is 34.9 Å². The van der Waals surface area contributed by atoms with Crippen molar-refractivity contribution >= 4 is 15.9 Å². The standard InChI is InChI=1S/C13H11BrN/c14-13-8-4-3-7-12(13)11-6-2-1-5-10(11)9-15/h2-8H,9,15H2. The van der Waals surface area contributed by atoms with E-state index < -0.39 is 0 Å². The first-order valence-corrected chi connectivity index (χ1v) is 5.56. The summed E-state index contributed by atoms with van der Waals surface area (Å²) < 4.78 is 1.09. The topological polar surface area (TPSA) is 26.0 Å². The molecular formula is C13H11BrN. The van der Waals surface area contributed by atoms with Gasteiger partial charge in [0.05, 0.1) is 0 Å². The summed E-state index contributed by atoms with van der Waals surface area (Å²) in [5.74, 6) is 0. The van der Waals surface area contributed by atoms with Crippen LogP contribution in [0.3, 0.4) is 0 Å². The van der Waals surface area contributed by atoms with Crippen molar-refractivity contribution in [3.05, 3.63) is 58.6 Å². The van der Waals surface area contributed by atoms with Crippen LogP contribution in [-0.2, 0) is 6.54 Å². The quantitative estimate of drug-likeness (QED) is 0.881. The molecule has 0 aliphatic heterocycles. The lowest BCUT2D eigenvalue weighted by Gasteiger charge is -2.09. The van der Waals surface area contributed by atoms with E-state index in [0.29, 0.717) is 6.54 Å². The van der Waals surface area contributed by atoms with Crippen LogP contribution in [0.15, 0.2) is 46.9 Å². The van der Waals surface area contributed by atoms with Crippen LogP contribution in [0, 0.1) is 6.07 Å². The molecule has 0 fully saturated rings. The lowest BCUT2D eigenvalue weighted by atomic mass is 10.00. The molecule has 2 N–H and O–H groups in total. The van der Waals surface area contributed by atoms with Crippen LogP contribution in [0.4, 0.5) is 0 Å². The van der Waals surface area contributed by atoms with Gasteiger partial charge in [-0.2, -0.15) is 0 Å². The second-order valence-electron chi connectivity index (χ2n) is 3.27. The molecule has 2 aromatic carbocycles.